The van der Waals surface area contributed by atoms with Crippen LogP contribution in [-0.2, 0) is 7.05 Å². The molecule has 1 fully saturated rings. The number of hydrogen-bond acceptors (Lipinski definition) is 5. The SMILES string of the molecule is Cc1nc(-c2cnn(C)c2)sc1C(=O)NCC(N)C1CC1.Cl.Cl. The normalized spacial score (nSPS) is 14.6. The first kappa shape index (κ1) is 19.9. The Labute approximate surface area is 151 Å². The Hall–Kier alpha value is -1.15. The van der Waals surface area contributed by atoms with Gasteiger partial charge in [-0.3, -0.25) is 9.48 Å². The van der Waals surface area contributed by atoms with Crippen molar-refractivity contribution < 1.29 is 4.79 Å². The maximum atomic E-state index is 12.2. The Morgan fingerprint density at radius 3 is 2.78 bits per heavy atom. The van der Waals surface area contributed by atoms with Crippen molar-refractivity contribution in [2.24, 2.45) is 18.7 Å². The van der Waals surface area contributed by atoms with Crippen molar-refractivity contribution in [3.63, 3.8) is 0 Å². The average molecular weight is 378 g/mol. The number of amides is 1. The van der Waals surface area contributed by atoms with E-state index in [1.54, 1.807) is 10.9 Å². The maximum absolute atomic E-state index is 12.2. The fourth-order valence-electron chi connectivity index (χ4n) is 2.24. The number of carbonyl (C=O) groups excluding carboxylic acids is 1. The summed E-state index contributed by atoms with van der Waals surface area (Å²) in [4.78, 5) is 17.4. The van der Waals surface area contributed by atoms with E-state index in [4.69, 9.17) is 5.73 Å². The molecule has 9 heteroatoms. The van der Waals surface area contributed by atoms with Gasteiger partial charge in [0.15, 0.2) is 0 Å². The van der Waals surface area contributed by atoms with Crippen LogP contribution in [0.15, 0.2) is 12.4 Å². The van der Waals surface area contributed by atoms with Gasteiger partial charge in [-0.15, -0.1) is 36.2 Å². The Morgan fingerprint density at radius 2 is 2.22 bits per heavy atom. The van der Waals surface area contributed by atoms with E-state index >= 15 is 0 Å². The molecule has 2 aromatic heterocycles. The highest BCUT2D eigenvalue weighted by Crippen LogP contribution is 2.31. The number of hydrogen-bond donors (Lipinski definition) is 2. The summed E-state index contributed by atoms with van der Waals surface area (Å²) < 4.78 is 1.72. The van der Waals surface area contributed by atoms with Crippen LogP contribution in [0.4, 0.5) is 0 Å². The van der Waals surface area contributed by atoms with Gasteiger partial charge in [0.25, 0.3) is 5.91 Å². The third kappa shape index (κ3) is 4.67. The Morgan fingerprint density at radius 1 is 1.52 bits per heavy atom. The summed E-state index contributed by atoms with van der Waals surface area (Å²) in [5.41, 5.74) is 7.68. The Kier molecular flexibility index (Phi) is 7.01. The lowest BCUT2D eigenvalue weighted by atomic mass is 10.2. The number of aryl methyl sites for hydroxylation is 2. The molecule has 128 valence electrons. The van der Waals surface area contributed by atoms with Gasteiger partial charge in [0.05, 0.1) is 11.9 Å². The van der Waals surface area contributed by atoms with E-state index in [0.717, 1.165) is 16.3 Å². The molecular weight excluding hydrogens is 357 g/mol. The smallest absolute Gasteiger partial charge is 0.263 e. The molecule has 1 aliphatic rings. The number of aromatic nitrogens is 3. The van der Waals surface area contributed by atoms with Crippen LogP contribution >= 0.6 is 36.2 Å². The second-order valence-electron chi connectivity index (χ2n) is 5.55. The van der Waals surface area contributed by atoms with E-state index in [2.05, 4.69) is 15.4 Å². The third-order valence-electron chi connectivity index (χ3n) is 3.68. The molecule has 1 atom stereocenters. The Bertz CT molecular complexity index is 668. The predicted octanol–water partition coefficient (Wildman–Crippen LogP) is 2.16. The summed E-state index contributed by atoms with van der Waals surface area (Å²) in [6.45, 7) is 2.38. The highest BCUT2D eigenvalue weighted by Gasteiger charge is 2.28. The molecule has 0 bridgehead atoms. The summed E-state index contributed by atoms with van der Waals surface area (Å²) in [7, 11) is 1.86. The van der Waals surface area contributed by atoms with Crippen LogP contribution in [0.3, 0.4) is 0 Å². The average Bonchev–Trinajstić information content (AvgIpc) is 3.11. The zero-order chi connectivity index (χ0) is 15.0. The number of nitrogens with two attached hydrogens (primary N) is 1. The molecule has 1 saturated carbocycles. The fraction of sp³-hybridized carbons (Fsp3) is 0.500. The van der Waals surface area contributed by atoms with Crippen molar-refractivity contribution >= 4 is 42.1 Å². The standard InChI is InChI=1S/C14H19N5OS.2ClH/c1-8-12(13(20)16-6-11(15)9-3-4-9)21-14(18-8)10-5-17-19(2)7-10;;/h5,7,9,11H,3-4,6,15H2,1-2H3,(H,16,20);2*1H. The van der Waals surface area contributed by atoms with E-state index < -0.39 is 0 Å². The number of halogens is 2. The third-order valence-corrected chi connectivity index (χ3v) is 4.89. The van der Waals surface area contributed by atoms with Gasteiger partial charge in [-0.05, 0) is 25.7 Å². The molecular formula is C14H21Cl2N5OS. The molecule has 3 rings (SSSR count). The van der Waals surface area contributed by atoms with Crippen molar-refractivity contribution in [3.05, 3.63) is 23.0 Å². The van der Waals surface area contributed by atoms with E-state index in [0.29, 0.717) is 17.3 Å². The summed E-state index contributed by atoms with van der Waals surface area (Å²) in [5.74, 6) is 0.495. The molecule has 1 aliphatic carbocycles. The van der Waals surface area contributed by atoms with Crippen molar-refractivity contribution in [1.29, 1.82) is 0 Å². The van der Waals surface area contributed by atoms with Gasteiger partial charge < -0.3 is 11.1 Å². The molecule has 1 amide bonds. The molecule has 6 nitrogen and oxygen atoms in total. The van der Waals surface area contributed by atoms with Gasteiger partial charge in [0, 0.05) is 31.4 Å². The van der Waals surface area contributed by atoms with Gasteiger partial charge in [-0.2, -0.15) is 5.10 Å². The zero-order valence-corrected chi connectivity index (χ0v) is 15.4. The quantitative estimate of drug-likeness (QED) is 0.835. The van der Waals surface area contributed by atoms with Crippen molar-refractivity contribution in [1.82, 2.24) is 20.1 Å². The molecule has 0 aromatic carbocycles. The summed E-state index contributed by atoms with van der Waals surface area (Å²) in [5, 5.41) is 7.86. The maximum Gasteiger partial charge on any atom is 0.263 e. The molecule has 0 spiro atoms. The highest BCUT2D eigenvalue weighted by atomic mass is 35.5. The number of carbonyl (C=O) groups is 1. The number of nitrogens with one attached hydrogen (secondary N) is 1. The molecule has 0 saturated heterocycles. The van der Waals surface area contributed by atoms with Crippen LogP contribution in [-0.4, -0.2) is 33.3 Å². The highest BCUT2D eigenvalue weighted by molar-refractivity contribution is 7.17. The summed E-state index contributed by atoms with van der Waals surface area (Å²) in [6, 6.07) is 0.0694. The second-order valence-corrected chi connectivity index (χ2v) is 6.55. The largest absolute Gasteiger partial charge is 0.350 e. The molecule has 1 unspecified atom stereocenters. The number of rotatable bonds is 5. The van der Waals surface area contributed by atoms with Crippen LogP contribution in [0.5, 0.6) is 0 Å². The summed E-state index contributed by atoms with van der Waals surface area (Å²) in [6.07, 6.45) is 6.01. The van der Waals surface area contributed by atoms with Crippen LogP contribution in [0.25, 0.3) is 10.6 Å². The number of nitrogens with zero attached hydrogens (tertiary/aromatic N) is 3. The van der Waals surface area contributed by atoms with E-state index in [-0.39, 0.29) is 36.8 Å². The molecule has 3 N–H and O–H groups in total. The molecule has 23 heavy (non-hydrogen) atoms. The van der Waals surface area contributed by atoms with Gasteiger partial charge in [0.2, 0.25) is 0 Å². The van der Waals surface area contributed by atoms with Crippen molar-refractivity contribution in [2.45, 2.75) is 25.8 Å². The summed E-state index contributed by atoms with van der Waals surface area (Å²) >= 11 is 1.39. The van der Waals surface area contributed by atoms with Crippen molar-refractivity contribution in [3.8, 4) is 10.6 Å². The Balaban J connectivity index is 0.00000132. The van der Waals surface area contributed by atoms with Crippen LogP contribution < -0.4 is 11.1 Å². The molecule has 0 aliphatic heterocycles. The first-order valence-corrected chi connectivity index (χ1v) is 7.86. The first-order chi connectivity index (χ1) is 10.0. The van der Waals surface area contributed by atoms with E-state index in [9.17, 15) is 4.79 Å². The van der Waals surface area contributed by atoms with Gasteiger partial charge >= 0.3 is 0 Å². The minimum Gasteiger partial charge on any atom is -0.350 e. The second kappa shape index (κ2) is 8.10. The predicted molar refractivity (Wildman–Crippen MR) is 96.6 cm³/mol. The lowest BCUT2D eigenvalue weighted by Crippen LogP contribution is -2.38. The van der Waals surface area contributed by atoms with E-state index in [1.807, 2.05) is 20.2 Å². The monoisotopic (exact) mass is 377 g/mol. The molecule has 2 aromatic rings. The van der Waals surface area contributed by atoms with Gasteiger partial charge in [0.1, 0.15) is 9.88 Å². The number of thiazole rings is 1. The first-order valence-electron chi connectivity index (χ1n) is 7.05. The topological polar surface area (TPSA) is 85.8 Å². The van der Waals surface area contributed by atoms with Crippen molar-refractivity contribution in [2.75, 3.05) is 6.54 Å². The van der Waals surface area contributed by atoms with Crippen LogP contribution in [0.1, 0.15) is 28.2 Å². The van der Waals surface area contributed by atoms with Crippen LogP contribution in [0.2, 0.25) is 0 Å². The lowest BCUT2D eigenvalue weighted by Gasteiger charge is -2.10. The van der Waals surface area contributed by atoms with E-state index in [1.165, 1.54) is 24.2 Å². The lowest BCUT2D eigenvalue weighted by molar-refractivity contribution is 0.0953. The fourth-order valence-corrected chi connectivity index (χ4v) is 3.20. The molecule has 2 heterocycles. The molecule has 0 radical (unpaired) electrons. The van der Waals surface area contributed by atoms with Gasteiger partial charge in [-0.25, -0.2) is 4.98 Å². The van der Waals surface area contributed by atoms with Gasteiger partial charge in [-0.1, -0.05) is 0 Å². The van der Waals surface area contributed by atoms with Crippen LogP contribution in [0, 0.1) is 12.8 Å². The zero-order valence-electron chi connectivity index (χ0n) is 13.0. The minimum absolute atomic E-state index is 0. The minimum atomic E-state index is -0.0868.